The highest BCUT2D eigenvalue weighted by Crippen LogP contribution is 2.22. The summed E-state index contributed by atoms with van der Waals surface area (Å²) in [7, 11) is 3.04. The highest BCUT2D eigenvalue weighted by Gasteiger charge is 2.33. The van der Waals surface area contributed by atoms with Gasteiger partial charge in [0.2, 0.25) is 5.91 Å². The van der Waals surface area contributed by atoms with Crippen LogP contribution < -0.4 is 21.3 Å². The number of carbonyl (C=O) groups is 4. The largest absolute Gasteiger partial charge is 0.461 e. The van der Waals surface area contributed by atoms with Crippen LogP contribution in [0.15, 0.2) is 59.8 Å². The van der Waals surface area contributed by atoms with Gasteiger partial charge in [-0.3, -0.25) is 14.4 Å². The molecule has 1 atom stereocenters. The molecule has 37 heavy (non-hydrogen) atoms. The molecule has 0 spiro atoms. The van der Waals surface area contributed by atoms with Gasteiger partial charge < -0.3 is 30.9 Å². The van der Waals surface area contributed by atoms with Gasteiger partial charge in [0.1, 0.15) is 12.6 Å². The number of rotatable bonds is 9. The second kappa shape index (κ2) is 12.9. The van der Waals surface area contributed by atoms with E-state index in [9.17, 15) is 19.2 Å². The fourth-order valence-corrected chi connectivity index (χ4v) is 3.40. The van der Waals surface area contributed by atoms with E-state index in [1.165, 1.54) is 19.0 Å². The molecule has 0 aliphatic carbocycles. The van der Waals surface area contributed by atoms with E-state index in [1.54, 1.807) is 29.2 Å². The van der Waals surface area contributed by atoms with Crippen molar-refractivity contribution in [2.45, 2.75) is 25.5 Å². The Hall–Kier alpha value is -4.61. The van der Waals surface area contributed by atoms with Crippen LogP contribution in [-0.4, -0.2) is 68.0 Å². The molecule has 1 heterocycles. The molecule has 4 amide bonds. The first-order valence-corrected chi connectivity index (χ1v) is 11.6. The van der Waals surface area contributed by atoms with Crippen molar-refractivity contribution in [3.8, 4) is 0 Å². The van der Waals surface area contributed by atoms with Gasteiger partial charge >= 0.3 is 18.1 Å². The van der Waals surface area contributed by atoms with Crippen molar-refractivity contribution in [2.24, 2.45) is 10.9 Å². The lowest BCUT2D eigenvalue weighted by molar-refractivity contribution is -0.144. The fourth-order valence-electron chi connectivity index (χ4n) is 3.40. The van der Waals surface area contributed by atoms with Crippen molar-refractivity contribution in [2.75, 3.05) is 32.1 Å². The molecule has 4 N–H and O–H groups in total. The van der Waals surface area contributed by atoms with Crippen LogP contribution >= 0.6 is 0 Å². The number of oxime groups is 1. The summed E-state index contributed by atoms with van der Waals surface area (Å²) >= 11 is 0. The standard InChI is InChI=1S/C25H30N6O6/c1-30(2)25(35)37-29-22(26)18-8-10-19(11-9-18)31-15-13-20(23(31)33)28-24(34)27-14-12-21(32)36-16-17-6-4-3-5-7-17/h3-11,20H,12-16H2,1-2H3,(H2,26,29)(H2,27,28,34). The van der Waals surface area contributed by atoms with Crippen LogP contribution in [0.4, 0.5) is 15.3 Å². The summed E-state index contributed by atoms with van der Waals surface area (Å²) in [6, 6.07) is 14.7. The van der Waals surface area contributed by atoms with Gasteiger partial charge in [-0.1, -0.05) is 35.5 Å². The molecule has 0 saturated carbocycles. The molecule has 12 nitrogen and oxygen atoms in total. The SMILES string of the molecule is CN(C)C(=O)ON=C(N)c1ccc(N2CCC(NC(=O)NCCC(=O)OCc3ccccc3)C2=O)cc1. The van der Waals surface area contributed by atoms with E-state index < -0.39 is 24.1 Å². The topological polar surface area (TPSA) is 156 Å². The molecule has 3 rings (SSSR count). The number of hydrogen-bond acceptors (Lipinski definition) is 7. The molecule has 2 aromatic rings. The second-order valence-electron chi connectivity index (χ2n) is 8.40. The molecule has 12 heteroatoms. The first kappa shape index (κ1) is 27.0. The van der Waals surface area contributed by atoms with E-state index in [4.69, 9.17) is 15.3 Å². The highest BCUT2D eigenvalue weighted by molar-refractivity contribution is 6.02. The summed E-state index contributed by atoms with van der Waals surface area (Å²) < 4.78 is 5.17. The predicted octanol–water partition coefficient (Wildman–Crippen LogP) is 1.54. The average molecular weight is 511 g/mol. The molecule has 1 fully saturated rings. The number of urea groups is 1. The number of amidine groups is 1. The third-order valence-corrected chi connectivity index (χ3v) is 5.43. The number of nitrogens with one attached hydrogen (secondary N) is 2. The number of ether oxygens (including phenoxy) is 1. The smallest absolute Gasteiger partial charge is 0.435 e. The van der Waals surface area contributed by atoms with E-state index in [0.717, 1.165) is 5.56 Å². The first-order valence-electron chi connectivity index (χ1n) is 11.6. The van der Waals surface area contributed by atoms with Crippen LogP contribution in [0.2, 0.25) is 0 Å². The van der Waals surface area contributed by atoms with Crippen molar-refractivity contribution < 1.29 is 28.8 Å². The van der Waals surface area contributed by atoms with Crippen molar-refractivity contribution in [1.82, 2.24) is 15.5 Å². The van der Waals surface area contributed by atoms with E-state index in [2.05, 4.69) is 15.8 Å². The highest BCUT2D eigenvalue weighted by atomic mass is 16.7. The molecular formula is C25H30N6O6. The third-order valence-electron chi connectivity index (χ3n) is 5.43. The average Bonchev–Trinajstić information content (AvgIpc) is 3.25. The zero-order chi connectivity index (χ0) is 26.8. The molecule has 1 aliphatic heterocycles. The quantitative estimate of drug-likeness (QED) is 0.152. The van der Waals surface area contributed by atoms with Gasteiger partial charge in [0.25, 0.3) is 0 Å². The minimum absolute atomic E-state index is 0.00894. The monoisotopic (exact) mass is 510 g/mol. The number of amides is 4. The summed E-state index contributed by atoms with van der Waals surface area (Å²) in [6.45, 7) is 0.667. The molecular weight excluding hydrogens is 480 g/mol. The van der Waals surface area contributed by atoms with Crippen LogP contribution in [0.5, 0.6) is 0 Å². The number of hydrogen-bond donors (Lipinski definition) is 3. The zero-order valence-corrected chi connectivity index (χ0v) is 20.7. The maximum atomic E-state index is 12.8. The number of nitrogens with two attached hydrogens (primary N) is 1. The number of esters is 1. The van der Waals surface area contributed by atoms with Gasteiger partial charge in [0.05, 0.1) is 6.42 Å². The number of nitrogens with zero attached hydrogens (tertiary/aromatic N) is 3. The van der Waals surface area contributed by atoms with E-state index in [0.29, 0.717) is 24.2 Å². The van der Waals surface area contributed by atoms with Crippen LogP contribution in [0, 0.1) is 0 Å². The fraction of sp³-hybridized carbons (Fsp3) is 0.320. The number of anilines is 1. The van der Waals surface area contributed by atoms with E-state index in [1.807, 2.05) is 30.3 Å². The van der Waals surface area contributed by atoms with Crippen molar-refractivity contribution >= 4 is 35.5 Å². The zero-order valence-electron chi connectivity index (χ0n) is 20.7. The Morgan fingerprint density at radius 2 is 1.81 bits per heavy atom. The summed E-state index contributed by atoms with van der Waals surface area (Å²) in [5.74, 6) is -0.682. The minimum atomic E-state index is -0.693. The number of carbonyl (C=O) groups excluding carboxylic acids is 4. The molecule has 1 aliphatic rings. The van der Waals surface area contributed by atoms with Gasteiger partial charge in [0, 0.05) is 38.4 Å². The molecule has 2 aromatic carbocycles. The lowest BCUT2D eigenvalue weighted by atomic mass is 10.2. The molecule has 0 bridgehead atoms. The molecule has 1 unspecified atom stereocenters. The van der Waals surface area contributed by atoms with Crippen LogP contribution in [-0.2, 0) is 25.8 Å². The van der Waals surface area contributed by atoms with Gasteiger partial charge in [0.15, 0.2) is 5.84 Å². The summed E-state index contributed by atoms with van der Waals surface area (Å²) in [5.41, 5.74) is 7.86. The lowest BCUT2D eigenvalue weighted by Gasteiger charge is -2.18. The third kappa shape index (κ3) is 7.95. The Labute approximate surface area is 214 Å². The predicted molar refractivity (Wildman–Crippen MR) is 135 cm³/mol. The Morgan fingerprint density at radius 1 is 1.11 bits per heavy atom. The Morgan fingerprint density at radius 3 is 2.49 bits per heavy atom. The maximum absolute atomic E-state index is 12.8. The maximum Gasteiger partial charge on any atom is 0.435 e. The minimum Gasteiger partial charge on any atom is -0.461 e. The number of benzene rings is 2. The lowest BCUT2D eigenvalue weighted by Crippen LogP contribution is -2.46. The van der Waals surface area contributed by atoms with Crippen LogP contribution in [0.25, 0.3) is 0 Å². The van der Waals surface area contributed by atoms with Crippen molar-refractivity contribution in [3.63, 3.8) is 0 Å². The summed E-state index contributed by atoms with van der Waals surface area (Å²) in [4.78, 5) is 55.8. The van der Waals surface area contributed by atoms with Gasteiger partial charge in [-0.15, -0.1) is 0 Å². The summed E-state index contributed by atoms with van der Waals surface area (Å²) in [5, 5.41) is 8.82. The molecule has 0 aromatic heterocycles. The van der Waals surface area contributed by atoms with Crippen LogP contribution in [0.1, 0.15) is 24.0 Å². The Balaban J connectivity index is 1.42. The summed E-state index contributed by atoms with van der Waals surface area (Å²) in [6.07, 6.45) is -0.220. The van der Waals surface area contributed by atoms with Gasteiger partial charge in [-0.25, -0.2) is 9.59 Å². The van der Waals surface area contributed by atoms with Crippen molar-refractivity contribution in [1.29, 1.82) is 0 Å². The molecule has 196 valence electrons. The molecule has 0 radical (unpaired) electrons. The van der Waals surface area contributed by atoms with Gasteiger partial charge in [-0.2, -0.15) is 0 Å². The second-order valence-corrected chi connectivity index (χ2v) is 8.40. The first-order chi connectivity index (χ1) is 17.7. The molecule has 1 saturated heterocycles. The Bertz CT molecular complexity index is 1140. The Kier molecular flexibility index (Phi) is 9.41. The van der Waals surface area contributed by atoms with Crippen molar-refractivity contribution in [3.05, 3.63) is 65.7 Å². The van der Waals surface area contributed by atoms with Gasteiger partial charge in [-0.05, 0) is 36.2 Å². The normalized spacial score (nSPS) is 15.2. The van der Waals surface area contributed by atoms with Crippen LogP contribution in [0.3, 0.4) is 0 Å². The van der Waals surface area contributed by atoms with E-state index >= 15 is 0 Å². The van der Waals surface area contributed by atoms with E-state index in [-0.39, 0.29) is 31.3 Å².